The third-order valence-electron chi connectivity index (χ3n) is 3.25. The molecule has 0 aromatic heterocycles. The van der Waals surface area contributed by atoms with Gasteiger partial charge in [0.2, 0.25) is 0 Å². The van der Waals surface area contributed by atoms with Crippen LogP contribution < -0.4 is 0 Å². The molecule has 0 radical (unpaired) electrons. The Balaban J connectivity index is 1.87. The molecule has 2 bridgehead atoms. The van der Waals surface area contributed by atoms with Crippen LogP contribution in [-0.4, -0.2) is 0 Å². The van der Waals surface area contributed by atoms with Crippen molar-refractivity contribution >= 4 is 0 Å². The molecule has 0 heteroatoms. The first-order valence-electron chi connectivity index (χ1n) is 4.54. The summed E-state index contributed by atoms with van der Waals surface area (Å²) in [6.45, 7) is 7.14. The Hall–Kier alpha value is 0. The number of rotatable bonds is 2. The molecule has 0 atom stereocenters. The van der Waals surface area contributed by atoms with Crippen LogP contribution in [0.15, 0.2) is 0 Å². The van der Waals surface area contributed by atoms with Crippen LogP contribution in [0.2, 0.25) is 0 Å². The van der Waals surface area contributed by atoms with Crippen LogP contribution in [0.3, 0.4) is 0 Å². The maximum atomic E-state index is 2.44. The minimum absolute atomic E-state index is 0.814. The molecular weight excluding hydrogens is 120 g/mol. The van der Waals surface area contributed by atoms with Gasteiger partial charge < -0.3 is 0 Å². The lowest BCUT2D eigenvalue weighted by molar-refractivity contribution is -0.199. The second kappa shape index (κ2) is 1.60. The summed E-state index contributed by atoms with van der Waals surface area (Å²) in [4.78, 5) is 0. The minimum atomic E-state index is 0.814. The van der Waals surface area contributed by atoms with Gasteiger partial charge in [0, 0.05) is 0 Å². The van der Waals surface area contributed by atoms with Crippen molar-refractivity contribution in [1.29, 1.82) is 0 Å². The van der Waals surface area contributed by atoms with Crippen molar-refractivity contribution in [2.45, 2.75) is 46.5 Å². The monoisotopic (exact) mass is 138 g/mol. The maximum absolute atomic E-state index is 2.44. The third-order valence-corrected chi connectivity index (χ3v) is 3.25. The highest BCUT2D eigenvalue weighted by molar-refractivity contribution is 5.14. The Morgan fingerprint density at radius 1 is 1.20 bits per heavy atom. The minimum Gasteiger partial charge on any atom is -0.0628 e. The highest BCUT2D eigenvalue weighted by atomic mass is 14.7. The van der Waals surface area contributed by atoms with E-state index in [2.05, 4.69) is 20.8 Å². The quantitative estimate of drug-likeness (QED) is 0.549. The van der Waals surface area contributed by atoms with Gasteiger partial charge in [-0.05, 0) is 42.4 Å². The molecule has 3 fully saturated rings. The Morgan fingerprint density at radius 2 is 1.70 bits per heavy atom. The Kier molecular flexibility index (Phi) is 1.07. The van der Waals surface area contributed by atoms with Crippen molar-refractivity contribution in [2.75, 3.05) is 0 Å². The molecule has 0 aromatic carbocycles. The molecule has 3 aliphatic rings. The van der Waals surface area contributed by atoms with Crippen molar-refractivity contribution in [3.05, 3.63) is 0 Å². The normalized spacial score (nSPS) is 50.4. The summed E-state index contributed by atoms with van der Waals surface area (Å²) in [5, 5.41) is 0. The molecule has 10 heavy (non-hydrogen) atoms. The summed E-state index contributed by atoms with van der Waals surface area (Å²) < 4.78 is 0. The summed E-state index contributed by atoms with van der Waals surface area (Å²) in [5.74, 6) is 0.921. The van der Waals surface area contributed by atoms with Crippen LogP contribution >= 0.6 is 0 Å². The Bertz CT molecular complexity index is 136. The summed E-state index contributed by atoms with van der Waals surface area (Å²) >= 11 is 0. The zero-order valence-corrected chi connectivity index (χ0v) is 7.41. The van der Waals surface area contributed by atoms with Gasteiger partial charge in [0.15, 0.2) is 0 Å². The van der Waals surface area contributed by atoms with E-state index in [1.54, 1.807) is 0 Å². The molecule has 58 valence electrons. The predicted octanol–water partition coefficient (Wildman–Crippen LogP) is 3.22. The molecule has 3 rings (SSSR count). The van der Waals surface area contributed by atoms with E-state index in [0.29, 0.717) is 0 Å². The van der Waals surface area contributed by atoms with Gasteiger partial charge in [-0.15, -0.1) is 0 Å². The van der Waals surface area contributed by atoms with Crippen LogP contribution in [0.25, 0.3) is 0 Å². The van der Waals surface area contributed by atoms with Crippen LogP contribution in [-0.2, 0) is 0 Å². The van der Waals surface area contributed by atoms with Crippen LogP contribution in [0.1, 0.15) is 46.5 Å². The molecule has 0 aliphatic heterocycles. The number of hydrogen-bond acceptors (Lipinski definition) is 0. The van der Waals surface area contributed by atoms with Gasteiger partial charge in [0.1, 0.15) is 0 Å². The molecule has 0 nitrogen and oxygen atoms in total. The average Bonchev–Trinajstić information content (AvgIpc) is 1.56. The Morgan fingerprint density at radius 3 is 2.00 bits per heavy atom. The Labute approximate surface area is 64.0 Å². The van der Waals surface area contributed by atoms with E-state index >= 15 is 0 Å². The van der Waals surface area contributed by atoms with Crippen LogP contribution in [0, 0.1) is 16.7 Å². The lowest BCUT2D eigenvalue weighted by Gasteiger charge is -2.70. The van der Waals surface area contributed by atoms with Gasteiger partial charge >= 0.3 is 0 Å². The van der Waals surface area contributed by atoms with E-state index in [9.17, 15) is 0 Å². The molecule has 0 heterocycles. The maximum Gasteiger partial charge on any atom is -0.0280 e. The van der Waals surface area contributed by atoms with Crippen molar-refractivity contribution in [2.24, 2.45) is 16.7 Å². The van der Waals surface area contributed by atoms with Gasteiger partial charge in [0.25, 0.3) is 0 Å². The SMILES string of the molecule is CC(C)CC12CC(C)(C1)C2. The second-order valence-corrected chi connectivity index (χ2v) is 5.44. The number of hydrogen-bond donors (Lipinski definition) is 0. The first-order valence-corrected chi connectivity index (χ1v) is 4.54. The van der Waals surface area contributed by atoms with Crippen molar-refractivity contribution < 1.29 is 0 Å². The molecule has 0 unspecified atom stereocenters. The molecule has 3 aliphatic carbocycles. The van der Waals surface area contributed by atoms with Crippen molar-refractivity contribution in [3.63, 3.8) is 0 Å². The molecule has 0 aromatic rings. The lowest BCUT2D eigenvalue weighted by atomic mass is 9.34. The van der Waals surface area contributed by atoms with Crippen LogP contribution in [0.4, 0.5) is 0 Å². The molecule has 0 amide bonds. The van der Waals surface area contributed by atoms with E-state index in [0.717, 1.165) is 16.7 Å². The van der Waals surface area contributed by atoms with Gasteiger partial charge in [-0.3, -0.25) is 0 Å². The van der Waals surface area contributed by atoms with E-state index in [-0.39, 0.29) is 0 Å². The van der Waals surface area contributed by atoms with Gasteiger partial charge in [-0.1, -0.05) is 20.8 Å². The molecule has 0 spiro atoms. The highest BCUT2D eigenvalue weighted by Crippen LogP contribution is 2.75. The summed E-state index contributed by atoms with van der Waals surface area (Å²) in [5.41, 5.74) is 1.66. The predicted molar refractivity (Wildman–Crippen MR) is 43.8 cm³/mol. The van der Waals surface area contributed by atoms with Gasteiger partial charge in [0.05, 0.1) is 0 Å². The average molecular weight is 138 g/mol. The van der Waals surface area contributed by atoms with E-state index in [1.807, 2.05) is 0 Å². The molecule has 0 N–H and O–H groups in total. The molecular formula is C10H18. The fraction of sp³-hybridized carbons (Fsp3) is 1.00. The summed E-state index contributed by atoms with van der Waals surface area (Å²) in [6, 6.07) is 0. The largest absolute Gasteiger partial charge is 0.0628 e. The second-order valence-electron chi connectivity index (χ2n) is 5.44. The zero-order chi connectivity index (χ0) is 7.41. The zero-order valence-electron chi connectivity index (χ0n) is 7.41. The van der Waals surface area contributed by atoms with E-state index in [1.165, 1.54) is 25.7 Å². The van der Waals surface area contributed by atoms with Gasteiger partial charge in [-0.25, -0.2) is 0 Å². The third kappa shape index (κ3) is 0.741. The lowest BCUT2D eigenvalue weighted by Crippen LogP contribution is -2.60. The highest BCUT2D eigenvalue weighted by Gasteiger charge is 2.64. The van der Waals surface area contributed by atoms with Crippen LogP contribution in [0.5, 0.6) is 0 Å². The topological polar surface area (TPSA) is 0 Å². The molecule has 0 saturated heterocycles. The van der Waals surface area contributed by atoms with Crippen molar-refractivity contribution in [1.82, 2.24) is 0 Å². The standard InChI is InChI=1S/C10H18/c1-8(2)4-10-5-9(3,6-10)7-10/h8H,4-7H2,1-3H3. The fourth-order valence-corrected chi connectivity index (χ4v) is 3.64. The fourth-order valence-electron chi connectivity index (χ4n) is 3.64. The van der Waals surface area contributed by atoms with E-state index < -0.39 is 0 Å². The van der Waals surface area contributed by atoms with Crippen molar-refractivity contribution in [3.8, 4) is 0 Å². The molecule has 3 saturated carbocycles. The summed E-state index contributed by atoms with van der Waals surface area (Å²) in [7, 11) is 0. The first-order chi connectivity index (χ1) is 4.54. The van der Waals surface area contributed by atoms with Gasteiger partial charge in [-0.2, -0.15) is 0 Å². The first kappa shape index (κ1) is 6.69. The summed E-state index contributed by atoms with van der Waals surface area (Å²) in [6.07, 6.45) is 6.11. The smallest absolute Gasteiger partial charge is 0.0280 e. The van der Waals surface area contributed by atoms with E-state index in [4.69, 9.17) is 0 Å².